The van der Waals surface area contributed by atoms with Crippen molar-refractivity contribution in [2.24, 2.45) is 5.92 Å². The highest BCUT2D eigenvalue weighted by atomic mass is 16.5. The van der Waals surface area contributed by atoms with Gasteiger partial charge in [-0.15, -0.1) is 0 Å². The molecule has 1 N–H and O–H groups in total. The third kappa shape index (κ3) is 2.55. The Bertz CT molecular complexity index is 645. The summed E-state index contributed by atoms with van der Waals surface area (Å²) in [4.78, 5) is 0. The zero-order valence-corrected chi connectivity index (χ0v) is 13.3. The number of ether oxygens (including phenoxy) is 1. The summed E-state index contributed by atoms with van der Waals surface area (Å²) in [5, 5.41) is 9.32. The van der Waals surface area contributed by atoms with E-state index in [9.17, 15) is 0 Å². The van der Waals surface area contributed by atoms with Crippen molar-refractivity contribution >= 4 is 10.9 Å². The second kappa shape index (κ2) is 6.01. The molecule has 2 fully saturated rings. The molecule has 2 saturated heterocycles. The number of nitrogens with one attached hydrogen (secondary N) is 1. The van der Waals surface area contributed by atoms with Crippen LogP contribution < -0.4 is 5.32 Å². The van der Waals surface area contributed by atoms with Gasteiger partial charge in [0.05, 0.1) is 11.7 Å². The Morgan fingerprint density at radius 1 is 1.27 bits per heavy atom. The van der Waals surface area contributed by atoms with Crippen LogP contribution in [0.2, 0.25) is 0 Å². The molecule has 0 unspecified atom stereocenters. The minimum absolute atomic E-state index is 0.118. The van der Waals surface area contributed by atoms with Crippen LogP contribution in [0.1, 0.15) is 50.3 Å². The van der Waals surface area contributed by atoms with Crippen molar-refractivity contribution in [2.45, 2.75) is 44.8 Å². The first-order chi connectivity index (χ1) is 10.8. The average Bonchev–Trinajstić information content (AvgIpc) is 2.99. The molecule has 0 radical (unpaired) electrons. The normalized spacial score (nSPS) is 29.8. The highest BCUT2D eigenvalue weighted by Crippen LogP contribution is 2.33. The van der Waals surface area contributed by atoms with Crippen molar-refractivity contribution in [1.82, 2.24) is 15.1 Å². The lowest BCUT2D eigenvalue weighted by atomic mass is 9.82. The van der Waals surface area contributed by atoms with E-state index in [2.05, 4.69) is 40.2 Å². The summed E-state index contributed by atoms with van der Waals surface area (Å²) in [6.45, 7) is 5.45. The molecule has 2 aromatic rings. The van der Waals surface area contributed by atoms with Crippen LogP contribution in [0.4, 0.5) is 0 Å². The molecule has 0 saturated carbocycles. The summed E-state index contributed by atoms with van der Waals surface area (Å²) in [6, 6.07) is 6.88. The Hall–Kier alpha value is -1.39. The standard InChI is InChI=1S/C18H25N3O/c1-13-11-19-8-7-16(13)14-5-6-15-12-20-21(17(15)10-14)18-4-2-3-9-22-18/h5-6,10,12-13,16,18-19H,2-4,7-9,11H2,1H3/t13-,16-,18+/m0/s1. The molecule has 118 valence electrons. The number of aromatic nitrogens is 2. The molecule has 1 aromatic carbocycles. The molecule has 3 heterocycles. The number of hydrogen-bond acceptors (Lipinski definition) is 3. The molecular weight excluding hydrogens is 274 g/mol. The van der Waals surface area contributed by atoms with Crippen molar-refractivity contribution in [3.8, 4) is 0 Å². The van der Waals surface area contributed by atoms with E-state index in [1.54, 1.807) is 0 Å². The molecule has 1 aromatic heterocycles. The zero-order chi connectivity index (χ0) is 14.9. The monoisotopic (exact) mass is 299 g/mol. The van der Waals surface area contributed by atoms with Gasteiger partial charge in [-0.25, -0.2) is 4.68 Å². The van der Waals surface area contributed by atoms with Crippen molar-refractivity contribution in [2.75, 3.05) is 19.7 Å². The summed E-state index contributed by atoms with van der Waals surface area (Å²) < 4.78 is 8.03. The van der Waals surface area contributed by atoms with Crippen LogP contribution in [-0.4, -0.2) is 29.5 Å². The first kappa shape index (κ1) is 14.2. The lowest BCUT2D eigenvalue weighted by molar-refractivity contribution is -0.0366. The van der Waals surface area contributed by atoms with E-state index >= 15 is 0 Å². The number of rotatable bonds is 2. The topological polar surface area (TPSA) is 39.1 Å². The van der Waals surface area contributed by atoms with Crippen molar-refractivity contribution in [1.29, 1.82) is 0 Å². The van der Waals surface area contributed by atoms with E-state index in [1.165, 1.54) is 35.7 Å². The van der Waals surface area contributed by atoms with Crippen LogP contribution >= 0.6 is 0 Å². The average molecular weight is 299 g/mol. The number of nitrogens with zero attached hydrogens (tertiary/aromatic N) is 2. The third-order valence-corrected chi connectivity index (χ3v) is 5.26. The summed E-state index contributed by atoms with van der Waals surface area (Å²) in [5.74, 6) is 1.34. The Morgan fingerprint density at radius 2 is 2.23 bits per heavy atom. The van der Waals surface area contributed by atoms with E-state index in [1.807, 2.05) is 6.20 Å². The molecule has 2 aliphatic rings. The van der Waals surface area contributed by atoms with Gasteiger partial charge in [-0.05, 0) is 62.2 Å². The molecule has 2 aliphatic heterocycles. The zero-order valence-electron chi connectivity index (χ0n) is 13.3. The molecule has 22 heavy (non-hydrogen) atoms. The van der Waals surface area contributed by atoms with Crippen molar-refractivity contribution in [3.63, 3.8) is 0 Å². The van der Waals surface area contributed by atoms with Gasteiger partial charge in [0, 0.05) is 12.0 Å². The Morgan fingerprint density at radius 3 is 3.05 bits per heavy atom. The fourth-order valence-electron chi connectivity index (χ4n) is 3.94. The van der Waals surface area contributed by atoms with Crippen LogP contribution in [0.25, 0.3) is 10.9 Å². The summed E-state index contributed by atoms with van der Waals surface area (Å²) in [7, 11) is 0. The number of piperidine rings is 1. The Balaban J connectivity index is 1.69. The molecule has 3 atom stereocenters. The second-order valence-electron chi connectivity index (χ2n) is 6.81. The van der Waals surface area contributed by atoms with Crippen LogP contribution in [0.5, 0.6) is 0 Å². The third-order valence-electron chi connectivity index (χ3n) is 5.26. The van der Waals surface area contributed by atoms with Gasteiger partial charge in [0.2, 0.25) is 0 Å². The van der Waals surface area contributed by atoms with Gasteiger partial charge in [0.15, 0.2) is 6.23 Å². The van der Waals surface area contributed by atoms with E-state index < -0.39 is 0 Å². The van der Waals surface area contributed by atoms with Gasteiger partial charge in [0.25, 0.3) is 0 Å². The molecule has 0 bridgehead atoms. The van der Waals surface area contributed by atoms with Crippen LogP contribution in [0, 0.1) is 5.92 Å². The SMILES string of the molecule is C[C@H]1CNCC[C@@H]1c1ccc2cnn([C@H]3CCCCO3)c2c1. The maximum absolute atomic E-state index is 5.93. The van der Waals surface area contributed by atoms with Gasteiger partial charge in [-0.3, -0.25) is 0 Å². The van der Waals surface area contributed by atoms with Crippen molar-refractivity contribution in [3.05, 3.63) is 30.0 Å². The Labute approximate surface area is 131 Å². The van der Waals surface area contributed by atoms with Crippen LogP contribution in [0.15, 0.2) is 24.4 Å². The first-order valence-corrected chi connectivity index (χ1v) is 8.62. The number of benzene rings is 1. The fourth-order valence-corrected chi connectivity index (χ4v) is 3.94. The quantitative estimate of drug-likeness (QED) is 0.923. The minimum Gasteiger partial charge on any atom is -0.356 e. The molecule has 0 spiro atoms. The fraction of sp³-hybridized carbons (Fsp3) is 0.611. The van der Waals surface area contributed by atoms with Gasteiger partial charge in [0.1, 0.15) is 0 Å². The number of hydrogen-bond donors (Lipinski definition) is 1. The van der Waals surface area contributed by atoms with Crippen LogP contribution in [0.3, 0.4) is 0 Å². The van der Waals surface area contributed by atoms with E-state index in [-0.39, 0.29) is 6.23 Å². The molecule has 0 aliphatic carbocycles. The number of fused-ring (bicyclic) bond motifs is 1. The summed E-state index contributed by atoms with van der Waals surface area (Å²) >= 11 is 0. The predicted molar refractivity (Wildman–Crippen MR) is 88.0 cm³/mol. The maximum Gasteiger partial charge on any atom is 0.150 e. The molecule has 4 rings (SSSR count). The van der Waals surface area contributed by atoms with E-state index in [0.717, 1.165) is 26.1 Å². The summed E-state index contributed by atoms with van der Waals surface area (Å²) in [6.07, 6.45) is 6.80. The van der Waals surface area contributed by atoms with Gasteiger partial charge < -0.3 is 10.1 Å². The summed E-state index contributed by atoms with van der Waals surface area (Å²) in [5.41, 5.74) is 2.69. The molecule has 4 nitrogen and oxygen atoms in total. The predicted octanol–water partition coefficient (Wildman–Crippen LogP) is 3.45. The highest BCUT2D eigenvalue weighted by Gasteiger charge is 2.24. The van der Waals surface area contributed by atoms with Gasteiger partial charge >= 0.3 is 0 Å². The largest absolute Gasteiger partial charge is 0.356 e. The Kier molecular flexibility index (Phi) is 3.89. The van der Waals surface area contributed by atoms with E-state index in [0.29, 0.717) is 11.8 Å². The second-order valence-corrected chi connectivity index (χ2v) is 6.81. The van der Waals surface area contributed by atoms with Gasteiger partial charge in [-0.2, -0.15) is 5.10 Å². The molecular formula is C18H25N3O. The van der Waals surface area contributed by atoms with E-state index in [4.69, 9.17) is 4.74 Å². The van der Waals surface area contributed by atoms with Crippen LogP contribution in [-0.2, 0) is 4.74 Å². The molecule has 4 heteroatoms. The molecule has 0 amide bonds. The smallest absolute Gasteiger partial charge is 0.150 e. The van der Waals surface area contributed by atoms with Crippen molar-refractivity contribution < 1.29 is 4.74 Å². The lowest BCUT2D eigenvalue weighted by Gasteiger charge is -2.30. The minimum atomic E-state index is 0.118. The van der Waals surface area contributed by atoms with Gasteiger partial charge in [-0.1, -0.05) is 19.1 Å². The maximum atomic E-state index is 5.93. The highest BCUT2D eigenvalue weighted by molar-refractivity contribution is 5.79. The lowest BCUT2D eigenvalue weighted by Crippen LogP contribution is -2.33. The first-order valence-electron chi connectivity index (χ1n) is 8.62.